The van der Waals surface area contributed by atoms with Crippen LogP contribution in [-0.2, 0) is 11.2 Å². The molecule has 104 valence electrons. The second-order valence-electron chi connectivity index (χ2n) is 6.14. The average molecular weight is 260 g/mol. The fourth-order valence-electron chi connectivity index (χ4n) is 2.62. The first-order chi connectivity index (χ1) is 8.99. The van der Waals surface area contributed by atoms with Crippen molar-refractivity contribution in [3.63, 3.8) is 0 Å². The van der Waals surface area contributed by atoms with Gasteiger partial charge in [-0.3, -0.25) is 4.79 Å². The van der Waals surface area contributed by atoms with Crippen molar-refractivity contribution in [2.45, 2.75) is 20.3 Å². The van der Waals surface area contributed by atoms with Gasteiger partial charge in [0.25, 0.3) is 0 Å². The van der Waals surface area contributed by atoms with Gasteiger partial charge in [-0.15, -0.1) is 0 Å². The van der Waals surface area contributed by atoms with E-state index in [2.05, 4.69) is 37.9 Å². The number of likely N-dealkylation sites (N-methyl/N-ethyl adjacent to an activating group) is 1. The zero-order valence-corrected chi connectivity index (χ0v) is 12.2. The van der Waals surface area contributed by atoms with E-state index < -0.39 is 0 Å². The third-order valence-corrected chi connectivity index (χ3v) is 3.86. The van der Waals surface area contributed by atoms with Crippen LogP contribution in [-0.4, -0.2) is 48.9 Å². The van der Waals surface area contributed by atoms with Gasteiger partial charge in [0.05, 0.1) is 0 Å². The van der Waals surface area contributed by atoms with Crippen molar-refractivity contribution in [1.82, 2.24) is 9.80 Å². The third-order valence-electron chi connectivity index (χ3n) is 3.86. The zero-order valence-electron chi connectivity index (χ0n) is 12.2. The molecule has 1 saturated heterocycles. The van der Waals surface area contributed by atoms with Gasteiger partial charge < -0.3 is 9.80 Å². The van der Waals surface area contributed by atoms with Crippen molar-refractivity contribution in [1.29, 1.82) is 0 Å². The highest BCUT2D eigenvalue weighted by Crippen LogP contribution is 2.25. The molecule has 1 fully saturated rings. The third kappa shape index (κ3) is 3.57. The fraction of sp³-hybridized carbons (Fsp3) is 0.562. The molecule has 0 saturated carbocycles. The predicted molar refractivity (Wildman–Crippen MR) is 78.0 cm³/mol. The van der Waals surface area contributed by atoms with Crippen molar-refractivity contribution in [3.8, 4) is 0 Å². The van der Waals surface area contributed by atoms with E-state index in [-0.39, 0.29) is 11.3 Å². The van der Waals surface area contributed by atoms with Crippen LogP contribution in [0.25, 0.3) is 0 Å². The summed E-state index contributed by atoms with van der Waals surface area (Å²) < 4.78 is 0. The standard InChI is InChI=1S/C16H24N2O/c1-16(2,13-14-7-5-4-6-8-14)15(19)18-11-9-17(3)10-12-18/h4-8H,9-13H2,1-3H3. The summed E-state index contributed by atoms with van der Waals surface area (Å²) >= 11 is 0. The van der Waals surface area contributed by atoms with Gasteiger partial charge in [0.15, 0.2) is 0 Å². The smallest absolute Gasteiger partial charge is 0.228 e. The van der Waals surface area contributed by atoms with Crippen molar-refractivity contribution < 1.29 is 4.79 Å². The van der Waals surface area contributed by atoms with Crippen LogP contribution in [0.2, 0.25) is 0 Å². The number of piperazine rings is 1. The number of amides is 1. The number of carbonyl (C=O) groups is 1. The lowest BCUT2D eigenvalue weighted by atomic mass is 9.84. The Morgan fingerprint density at radius 1 is 1.11 bits per heavy atom. The summed E-state index contributed by atoms with van der Waals surface area (Å²) in [6, 6.07) is 10.3. The van der Waals surface area contributed by atoms with Gasteiger partial charge in [0.1, 0.15) is 0 Å². The first-order valence-corrected chi connectivity index (χ1v) is 7.01. The Balaban J connectivity index is 2.00. The first-order valence-electron chi connectivity index (χ1n) is 7.01. The van der Waals surface area contributed by atoms with Gasteiger partial charge in [-0.25, -0.2) is 0 Å². The van der Waals surface area contributed by atoms with Gasteiger partial charge in [0, 0.05) is 31.6 Å². The molecule has 1 aliphatic rings. The Labute approximate surface area is 116 Å². The fourth-order valence-corrected chi connectivity index (χ4v) is 2.62. The summed E-state index contributed by atoms with van der Waals surface area (Å²) in [6.07, 6.45) is 0.805. The molecule has 1 aliphatic heterocycles. The van der Waals surface area contributed by atoms with Crippen molar-refractivity contribution in [2.75, 3.05) is 33.2 Å². The van der Waals surface area contributed by atoms with Gasteiger partial charge in [0.2, 0.25) is 5.91 Å². The number of rotatable bonds is 3. The van der Waals surface area contributed by atoms with E-state index in [9.17, 15) is 4.79 Å². The molecule has 0 atom stereocenters. The molecule has 1 heterocycles. The van der Waals surface area contributed by atoms with Gasteiger partial charge in [-0.1, -0.05) is 44.2 Å². The summed E-state index contributed by atoms with van der Waals surface area (Å²) in [4.78, 5) is 16.9. The van der Waals surface area contributed by atoms with Crippen molar-refractivity contribution >= 4 is 5.91 Å². The van der Waals surface area contributed by atoms with E-state index in [4.69, 9.17) is 0 Å². The molecule has 0 bridgehead atoms. The van der Waals surface area contributed by atoms with Crippen LogP contribution < -0.4 is 0 Å². The largest absolute Gasteiger partial charge is 0.340 e. The maximum atomic E-state index is 12.6. The second kappa shape index (κ2) is 5.74. The van der Waals surface area contributed by atoms with Gasteiger partial charge in [-0.05, 0) is 19.0 Å². The second-order valence-corrected chi connectivity index (χ2v) is 6.14. The Morgan fingerprint density at radius 2 is 1.68 bits per heavy atom. The number of hydrogen-bond acceptors (Lipinski definition) is 2. The highest BCUT2D eigenvalue weighted by molar-refractivity contribution is 5.82. The number of carbonyl (C=O) groups excluding carboxylic acids is 1. The number of benzene rings is 1. The zero-order chi connectivity index (χ0) is 13.9. The Kier molecular flexibility index (Phi) is 4.25. The maximum Gasteiger partial charge on any atom is 0.228 e. The lowest BCUT2D eigenvalue weighted by Gasteiger charge is -2.37. The van der Waals surface area contributed by atoms with E-state index >= 15 is 0 Å². The minimum Gasteiger partial charge on any atom is -0.340 e. The monoisotopic (exact) mass is 260 g/mol. The van der Waals surface area contributed by atoms with E-state index in [0.717, 1.165) is 32.6 Å². The van der Waals surface area contributed by atoms with Crippen LogP contribution in [0.15, 0.2) is 30.3 Å². The topological polar surface area (TPSA) is 23.6 Å². The Hall–Kier alpha value is -1.35. The van der Waals surface area contributed by atoms with Crippen LogP contribution in [0.4, 0.5) is 0 Å². The molecule has 2 rings (SSSR count). The summed E-state index contributed by atoms with van der Waals surface area (Å²) in [7, 11) is 2.11. The lowest BCUT2D eigenvalue weighted by Crippen LogP contribution is -2.51. The molecule has 3 heteroatoms. The molecule has 0 spiro atoms. The predicted octanol–water partition coefficient (Wildman–Crippen LogP) is 2.03. The van der Waals surface area contributed by atoms with Gasteiger partial charge >= 0.3 is 0 Å². The summed E-state index contributed by atoms with van der Waals surface area (Å²) in [5.74, 6) is 0.282. The van der Waals surface area contributed by atoms with Crippen LogP contribution in [0.3, 0.4) is 0 Å². The minimum absolute atomic E-state index is 0.282. The number of hydrogen-bond donors (Lipinski definition) is 0. The first kappa shape index (κ1) is 14.1. The van der Waals surface area contributed by atoms with Crippen molar-refractivity contribution in [2.24, 2.45) is 5.41 Å². The summed E-state index contributed by atoms with van der Waals surface area (Å²) in [5, 5.41) is 0. The molecule has 0 unspecified atom stereocenters. The molecule has 3 nitrogen and oxygen atoms in total. The van der Waals surface area contributed by atoms with E-state index in [1.807, 2.05) is 23.1 Å². The van der Waals surface area contributed by atoms with E-state index in [1.165, 1.54) is 5.56 Å². The molecule has 0 aromatic heterocycles. The molecule has 1 amide bonds. The molecule has 0 N–H and O–H groups in total. The molecule has 1 aromatic rings. The maximum absolute atomic E-state index is 12.6. The summed E-state index contributed by atoms with van der Waals surface area (Å²) in [6.45, 7) is 7.78. The molecule has 0 radical (unpaired) electrons. The van der Waals surface area contributed by atoms with E-state index in [1.54, 1.807) is 0 Å². The summed E-state index contributed by atoms with van der Waals surface area (Å²) in [5.41, 5.74) is 0.909. The molecule has 1 aromatic carbocycles. The quantitative estimate of drug-likeness (QED) is 0.830. The molecule has 0 aliphatic carbocycles. The molecular weight excluding hydrogens is 236 g/mol. The van der Waals surface area contributed by atoms with Crippen LogP contribution in [0, 0.1) is 5.41 Å². The minimum atomic E-state index is -0.322. The van der Waals surface area contributed by atoms with Crippen LogP contribution in [0.5, 0.6) is 0 Å². The van der Waals surface area contributed by atoms with Crippen molar-refractivity contribution in [3.05, 3.63) is 35.9 Å². The van der Waals surface area contributed by atoms with Crippen LogP contribution in [0.1, 0.15) is 19.4 Å². The normalized spacial score (nSPS) is 17.5. The SMILES string of the molecule is CN1CCN(C(=O)C(C)(C)Cc2ccccc2)CC1. The van der Waals surface area contributed by atoms with E-state index in [0.29, 0.717) is 0 Å². The number of nitrogens with zero attached hydrogens (tertiary/aromatic N) is 2. The van der Waals surface area contributed by atoms with Gasteiger partial charge in [-0.2, -0.15) is 0 Å². The lowest BCUT2D eigenvalue weighted by molar-refractivity contribution is -0.142. The Bertz CT molecular complexity index is 420. The Morgan fingerprint density at radius 3 is 2.26 bits per heavy atom. The highest BCUT2D eigenvalue weighted by Gasteiger charge is 2.33. The average Bonchev–Trinajstić information content (AvgIpc) is 2.39. The molecule has 19 heavy (non-hydrogen) atoms. The van der Waals surface area contributed by atoms with Crippen LogP contribution >= 0.6 is 0 Å². The highest BCUT2D eigenvalue weighted by atomic mass is 16.2. The molecular formula is C16H24N2O.